The molecule has 1 aromatic rings. The molecule has 118 valence electrons. The third-order valence-electron chi connectivity index (χ3n) is 4.37. The summed E-state index contributed by atoms with van der Waals surface area (Å²) in [5.74, 6) is 1.03. The number of hydrogen-bond donors (Lipinski definition) is 1. The molecule has 1 unspecified atom stereocenters. The molecular weight excluding hydrogens is 299 g/mol. The van der Waals surface area contributed by atoms with E-state index in [-0.39, 0.29) is 18.4 Å². The molecule has 1 atom stereocenters. The van der Waals surface area contributed by atoms with Crippen molar-refractivity contribution in [1.82, 2.24) is 4.72 Å². The third kappa shape index (κ3) is 3.52. The fourth-order valence-corrected chi connectivity index (χ4v) is 3.37. The van der Waals surface area contributed by atoms with Crippen LogP contribution in [0, 0.1) is 5.92 Å². The van der Waals surface area contributed by atoms with Gasteiger partial charge in [0, 0.05) is 25.2 Å². The van der Waals surface area contributed by atoms with E-state index in [4.69, 9.17) is 0 Å². The van der Waals surface area contributed by atoms with Crippen LogP contribution in [0.4, 0.5) is 5.69 Å². The molecule has 1 amide bonds. The van der Waals surface area contributed by atoms with Crippen molar-refractivity contribution in [3.63, 3.8) is 0 Å². The van der Waals surface area contributed by atoms with Crippen molar-refractivity contribution in [2.24, 2.45) is 5.92 Å². The number of fused-ring (bicyclic) bond motifs is 1. The highest BCUT2D eigenvalue weighted by molar-refractivity contribution is 8.10. The first-order chi connectivity index (χ1) is 10.3. The summed E-state index contributed by atoms with van der Waals surface area (Å²) in [4.78, 5) is 14.2. The van der Waals surface area contributed by atoms with E-state index < -0.39 is 9.87 Å². The molecule has 0 radical (unpaired) electrons. The molecule has 1 aromatic carbocycles. The summed E-state index contributed by atoms with van der Waals surface area (Å²) in [5, 5.41) is 0. The molecule has 22 heavy (non-hydrogen) atoms. The van der Waals surface area contributed by atoms with Crippen LogP contribution < -0.4 is 9.62 Å². The van der Waals surface area contributed by atoms with Crippen LogP contribution >= 0.6 is 0 Å². The molecular formula is C15H21BN2O3S. The Bertz CT molecular complexity index is 701. The summed E-state index contributed by atoms with van der Waals surface area (Å²) < 4.78 is 24.9. The molecule has 1 fully saturated rings. The van der Waals surface area contributed by atoms with Gasteiger partial charge >= 0.3 is 0 Å². The van der Waals surface area contributed by atoms with Gasteiger partial charge in [-0.25, -0.2) is 13.1 Å². The van der Waals surface area contributed by atoms with Crippen molar-refractivity contribution >= 4 is 28.6 Å². The average molecular weight is 320 g/mol. The number of hydrogen-bond acceptors (Lipinski definition) is 3. The number of anilines is 1. The number of amides is 1. The second-order valence-corrected chi connectivity index (χ2v) is 8.37. The van der Waals surface area contributed by atoms with Gasteiger partial charge in [-0.15, -0.1) is 0 Å². The Morgan fingerprint density at radius 2 is 2.09 bits per heavy atom. The molecule has 5 nitrogen and oxygen atoms in total. The Kier molecular flexibility index (Phi) is 4.03. The summed E-state index contributed by atoms with van der Waals surface area (Å²) in [5.41, 5.74) is 3.07. The fourth-order valence-electron chi connectivity index (χ4n) is 2.94. The van der Waals surface area contributed by atoms with Gasteiger partial charge in [-0.05, 0) is 41.9 Å². The molecule has 0 spiro atoms. The fraction of sp³-hybridized carbons (Fsp3) is 0.533. The van der Waals surface area contributed by atoms with Crippen LogP contribution in [0.2, 0.25) is 0 Å². The number of nitrogens with zero attached hydrogens (tertiary/aromatic N) is 1. The van der Waals surface area contributed by atoms with Crippen molar-refractivity contribution in [2.75, 3.05) is 11.4 Å². The zero-order valence-electron chi connectivity index (χ0n) is 13.0. The van der Waals surface area contributed by atoms with Gasteiger partial charge in [0.1, 0.15) is 0 Å². The van der Waals surface area contributed by atoms with Crippen LogP contribution in [-0.2, 0) is 21.2 Å². The van der Waals surface area contributed by atoms with E-state index in [1.807, 2.05) is 23.1 Å². The van der Waals surface area contributed by atoms with Crippen LogP contribution in [-0.4, -0.2) is 28.0 Å². The van der Waals surface area contributed by atoms with Gasteiger partial charge in [0.15, 0.2) is 9.87 Å². The van der Waals surface area contributed by atoms with E-state index in [2.05, 4.69) is 11.6 Å². The number of nitrogens with one attached hydrogen (secondary N) is 1. The van der Waals surface area contributed by atoms with Gasteiger partial charge in [-0.3, -0.25) is 4.79 Å². The van der Waals surface area contributed by atoms with Crippen molar-refractivity contribution in [1.29, 1.82) is 0 Å². The number of carbonyl (C=O) groups excluding carboxylic acids is 1. The van der Waals surface area contributed by atoms with Crippen LogP contribution in [0.3, 0.4) is 0 Å². The molecule has 0 bridgehead atoms. The standard InChI is InChI=1S/C15H21BN2O3S/c1-10-6-15(19)18(9-11-2-3-11)14-5-4-12(7-13(10)14)8-17-22(16,20)21/h4-5,7,10-11,17H,2-3,6,8-9,16H2,1H3. The first-order valence-electron chi connectivity index (χ1n) is 7.71. The number of benzene rings is 1. The molecule has 1 heterocycles. The smallest absolute Gasteiger partial charge is 0.275 e. The minimum atomic E-state index is -3.20. The van der Waals surface area contributed by atoms with Gasteiger partial charge in [-0.1, -0.05) is 19.1 Å². The predicted molar refractivity (Wildman–Crippen MR) is 88.9 cm³/mol. The second-order valence-electron chi connectivity index (χ2n) is 6.54. The summed E-state index contributed by atoms with van der Waals surface area (Å²) in [6.07, 6.45) is 2.96. The molecule has 0 saturated heterocycles. The largest absolute Gasteiger partial charge is 0.312 e. The lowest BCUT2D eigenvalue weighted by molar-refractivity contribution is -0.119. The molecule has 1 aliphatic carbocycles. The van der Waals surface area contributed by atoms with Gasteiger partial charge in [0.2, 0.25) is 5.91 Å². The zero-order valence-corrected chi connectivity index (χ0v) is 13.8. The maximum absolute atomic E-state index is 12.3. The van der Waals surface area contributed by atoms with Crippen molar-refractivity contribution in [2.45, 2.75) is 38.6 Å². The normalized spacial score (nSPS) is 21.8. The minimum absolute atomic E-state index is 0.177. The first kappa shape index (κ1) is 15.6. The van der Waals surface area contributed by atoms with E-state index in [9.17, 15) is 13.2 Å². The third-order valence-corrected chi connectivity index (χ3v) is 5.04. The second kappa shape index (κ2) is 5.70. The highest BCUT2D eigenvalue weighted by Crippen LogP contribution is 2.39. The lowest BCUT2D eigenvalue weighted by Gasteiger charge is -2.33. The van der Waals surface area contributed by atoms with E-state index >= 15 is 0 Å². The minimum Gasteiger partial charge on any atom is -0.312 e. The van der Waals surface area contributed by atoms with Crippen LogP contribution in [0.15, 0.2) is 18.2 Å². The quantitative estimate of drug-likeness (QED) is 0.820. The lowest BCUT2D eigenvalue weighted by atomic mass is 9.89. The lowest BCUT2D eigenvalue weighted by Crippen LogP contribution is -2.37. The SMILES string of the molecule is BS(=O)(=O)NCc1ccc2c(c1)C(C)CC(=O)N2CC1CC1. The molecule has 2 aliphatic rings. The van der Waals surface area contributed by atoms with Gasteiger partial charge in [0.25, 0.3) is 7.12 Å². The van der Waals surface area contributed by atoms with E-state index in [1.54, 1.807) is 0 Å². The molecule has 3 rings (SSSR count). The Hall–Kier alpha value is -1.34. The van der Waals surface area contributed by atoms with Crippen LogP contribution in [0.5, 0.6) is 0 Å². The topological polar surface area (TPSA) is 66.5 Å². The molecule has 1 saturated carbocycles. The van der Waals surface area contributed by atoms with Crippen LogP contribution in [0.1, 0.15) is 43.2 Å². The molecule has 0 aromatic heterocycles. The van der Waals surface area contributed by atoms with Gasteiger partial charge in [0.05, 0.1) is 0 Å². The summed E-state index contributed by atoms with van der Waals surface area (Å²) >= 11 is 0. The molecule has 1 N–H and O–H groups in total. The summed E-state index contributed by atoms with van der Waals surface area (Å²) in [7, 11) is -2.04. The monoisotopic (exact) mass is 320 g/mol. The molecule has 1 aliphatic heterocycles. The van der Waals surface area contributed by atoms with E-state index in [1.165, 1.54) is 12.8 Å². The van der Waals surface area contributed by atoms with Crippen molar-refractivity contribution in [3.05, 3.63) is 29.3 Å². The average Bonchev–Trinajstić information content (AvgIpc) is 3.24. The zero-order chi connectivity index (χ0) is 15.9. The maximum Gasteiger partial charge on any atom is 0.275 e. The van der Waals surface area contributed by atoms with Gasteiger partial charge in [-0.2, -0.15) is 0 Å². The van der Waals surface area contributed by atoms with E-state index in [0.717, 1.165) is 30.5 Å². The predicted octanol–water partition coefficient (Wildman–Crippen LogP) is 0.904. The Morgan fingerprint density at radius 3 is 2.73 bits per heavy atom. The summed E-state index contributed by atoms with van der Waals surface area (Å²) in [6, 6.07) is 5.90. The van der Waals surface area contributed by atoms with Crippen molar-refractivity contribution < 1.29 is 13.2 Å². The maximum atomic E-state index is 12.3. The van der Waals surface area contributed by atoms with Crippen molar-refractivity contribution in [3.8, 4) is 0 Å². The van der Waals surface area contributed by atoms with E-state index in [0.29, 0.717) is 12.3 Å². The highest BCUT2D eigenvalue weighted by Gasteiger charge is 2.33. The van der Waals surface area contributed by atoms with Gasteiger partial charge < -0.3 is 4.90 Å². The Balaban J connectivity index is 1.85. The molecule has 7 heteroatoms. The highest BCUT2D eigenvalue weighted by atomic mass is 32.2. The Morgan fingerprint density at radius 1 is 1.36 bits per heavy atom. The number of carbonyl (C=O) groups is 1. The Labute approximate surface area is 132 Å². The van der Waals surface area contributed by atoms with Crippen LogP contribution in [0.25, 0.3) is 0 Å². The summed E-state index contributed by atoms with van der Waals surface area (Å²) in [6.45, 7) is 3.16. The number of rotatable bonds is 5. The first-order valence-corrected chi connectivity index (χ1v) is 9.60.